The molecule has 138 valence electrons. The van der Waals surface area contributed by atoms with Gasteiger partial charge < -0.3 is 19.5 Å². The molecule has 2 aliphatic rings. The molecular formula is C20H24N2O4. The number of nitrogens with one attached hydrogen (secondary N) is 1. The van der Waals surface area contributed by atoms with E-state index in [2.05, 4.69) is 10.3 Å². The highest BCUT2D eigenvalue weighted by Gasteiger charge is 2.28. The van der Waals surface area contributed by atoms with Crippen molar-refractivity contribution in [2.45, 2.75) is 19.4 Å². The van der Waals surface area contributed by atoms with Crippen LogP contribution in [0.2, 0.25) is 0 Å². The van der Waals surface area contributed by atoms with Crippen molar-refractivity contribution in [2.24, 2.45) is 16.8 Å². The summed E-state index contributed by atoms with van der Waals surface area (Å²) in [6, 6.07) is 5.66. The van der Waals surface area contributed by atoms with Crippen LogP contribution in [0.5, 0.6) is 11.5 Å². The quantitative estimate of drug-likeness (QED) is 0.761. The minimum atomic E-state index is -0.432. The van der Waals surface area contributed by atoms with Gasteiger partial charge in [0.05, 0.1) is 27.2 Å². The summed E-state index contributed by atoms with van der Waals surface area (Å²) >= 11 is 0. The predicted molar refractivity (Wildman–Crippen MR) is 99.3 cm³/mol. The number of carbonyl (C=O) groups excluding carboxylic acids is 1. The number of ether oxygens (including phenoxy) is 3. The Morgan fingerprint density at radius 2 is 2.00 bits per heavy atom. The van der Waals surface area contributed by atoms with Gasteiger partial charge in [0.2, 0.25) is 0 Å². The molecule has 0 spiro atoms. The molecule has 1 heterocycles. The van der Waals surface area contributed by atoms with Crippen LogP contribution in [0.3, 0.4) is 0 Å². The van der Waals surface area contributed by atoms with Gasteiger partial charge in [0.15, 0.2) is 0 Å². The van der Waals surface area contributed by atoms with Gasteiger partial charge in [-0.1, -0.05) is 6.08 Å². The van der Waals surface area contributed by atoms with Crippen molar-refractivity contribution in [3.05, 3.63) is 47.3 Å². The first-order valence-electron chi connectivity index (χ1n) is 8.64. The van der Waals surface area contributed by atoms with Crippen LogP contribution in [-0.2, 0) is 16.1 Å². The highest BCUT2D eigenvalue weighted by molar-refractivity contribution is 5.85. The molecular weight excluding hydrogens is 332 g/mol. The molecule has 1 aliphatic carbocycles. The molecule has 1 saturated carbocycles. The standard InChI is InChI=1S/C20H24N2O4/c1-24-17-7-6-14(18(10-17)25-2)11-21-19-9-15(20(23)26-3)8-16(12-22-19)13-4-5-13/h6-10,12-13,15,21H,4-5,11H2,1-3H3. The van der Waals surface area contributed by atoms with E-state index in [1.165, 1.54) is 7.11 Å². The van der Waals surface area contributed by atoms with Gasteiger partial charge in [0.1, 0.15) is 17.3 Å². The summed E-state index contributed by atoms with van der Waals surface area (Å²) in [5.74, 6) is 1.91. The first kappa shape index (κ1) is 18.0. The molecule has 0 saturated heterocycles. The summed E-state index contributed by atoms with van der Waals surface area (Å²) < 4.78 is 15.6. The van der Waals surface area contributed by atoms with Gasteiger partial charge in [0.25, 0.3) is 0 Å². The van der Waals surface area contributed by atoms with Crippen molar-refractivity contribution in [1.29, 1.82) is 0 Å². The summed E-state index contributed by atoms with van der Waals surface area (Å²) in [4.78, 5) is 16.6. The number of nitrogens with zero attached hydrogens (tertiary/aromatic N) is 1. The number of allylic oxidation sites excluding steroid dienone is 1. The highest BCUT2D eigenvalue weighted by atomic mass is 16.5. The third kappa shape index (κ3) is 4.25. The molecule has 0 amide bonds. The Morgan fingerprint density at radius 1 is 1.19 bits per heavy atom. The van der Waals surface area contributed by atoms with E-state index in [1.807, 2.05) is 30.5 Å². The van der Waals surface area contributed by atoms with Crippen molar-refractivity contribution >= 4 is 12.2 Å². The zero-order chi connectivity index (χ0) is 18.5. The molecule has 1 aromatic carbocycles. The molecule has 6 nitrogen and oxygen atoms in total. The number of aliphatic imine (C=N–C) groups is 1. The van der Waals surface area contributed by atoms with E-state index in [-0.39, 0.29) is 5.97 Å². The Labute approximate surface area is 153 Å². The van der Waals surface area contributed by atoms with E-state index in [0.29, 0.717) is 18.3 Å². The average Bonchev–Trinajstić information content (AvgIpc) is 3.52. The third-order valence-electron chi connectivity index (χ3n) is 4.54. The van der Waals surface area contributed by atoms with Crippen LogP contribution in [-0.4, -0.2) is 33.5 Å². The van der Waals surface area contributed by atoms with Crippen LogP contribution >= 0.6 is 0 Å². The Hall–Kier alpha value is -2.76. The Kier molecular flexibility index (Phi) is 5.61. The zero-order valence-corrected chi connectivity index (χ0v) is 15.3. The van der Waals surface area contributed by atoms with E-state index in [0.717, 1.165) is 35.5 Å². The Balaban J connectivity index is 1.75. The van der Waals surface area contributed by atoms with Crippen LogP contribution in [0.25, 0.3) is 0 Å². The fraction of sp³-hybridized carbons (Fsp3) is 0.400. The maximum Gasteiger partial charge on any atom is 0.316 e. The summed E-state index contributed by atoms with van der Waals surface area (Å²) in [6.07, 6.45) is 7.91. The topological polar surface area (TPSA) is 69.2 Å². The number of hydrogen-bond acceptors (Lipinski definition) is 6. The van der Waals surface area contributed by atoms with E-state index in [1.54, 1.807) is 20.3 Å². The second-order valence-electron chi connectivity index (χ2n) is 6.33. The maximum atomic E-state index is 12.1. The molecule has 0 aromatic heterocycles. The maximum absolute atomic E-state index is 12.1. The molecule has 1 atom stereocenters. The van der Waals surface area contributed by atoms with Gasteiger partial charge in [-0.2, -0.15) is 0 Å². The van der Waals surface area contributed by atoms with Crippen molar-refractivity contribution in [1.82, 2.24) is 5.32 Å². The minimum Gasteiger partial charge on any atom is -0.497 e. The fourth-order valence-corrected chi connectivity index (χ4v) is 2.87. The lowest BCUT2D eigenvalue weighted by atomic mass is 10.0. The number of hydrogen-bond donors (Lipinski definition) is 1. The van der Waals surface area contributed by atoms with E-state index in [4.69, 9.17) is 14.2 Å². The first-order valence-corrected chi connectivity index (χ1v) is 8.64. The van der Waals surface area contributed by atoms with Gasteiger partial charge in [0, 0.05) is 24.4 Å². The lowest BCUT2D eigenvalue weighted by Gasteiger charge is -2.13. The second-order valence-corrected chi connectivity index (χ2v) is 6.33. The van der Waals surface area contributed by atoms with Gasteiger partial charge in [-0.25, -0.2) is 4.99 Å². The van der Waals surface area contributed by atoms with E-state index in [9.17, 15) is 4.79 Å². The first-order chi connectivity index (χ1) is 12.6. The van der Waals surface area contributed by atoms with Crippen molar-refractivity contribution in [2.75, 3.05) is 21.3 Å². The number of benzene rings is 1. The van der Waals surface area contributed by atoms with Crippen LogP contribution in [0, 0.1) is 11.8 Å². The molecule has 1 N–H and O–H groups in total. The zero-order valence-electron chi connectivity index (χ0n) is 15.3. The fourth-order valence-electron chi connectivity index (χ4n) is 2.87. The van der Waals surface area contributed by atoms with Gasteiger partial charge in [-0.15, -0.1) is 0 Å². The number of carbonyl (C=O) groups is 1. The highest BCUT2D eigenvalue weighted by Crippen LogP contribution is 2.37. The SMILES string of the molecule is COC(=O)C1C=C(NCc2ccc(OC)cc2OC)N=CC(C2CC2)=C1. The van der Waals surface area contributed by atoms with Gasteiger partial charge in [-0.3, -0.25) is 4.79 Å². The summed E-state index contributed by atoms with van der Waals surface area (Å²) in [5, 5.41) is 3.28. The minimum absolute atomic E-state index is 0.282. The Morgan fingerprint density at radius 3 is 2.65 bits per heavy atom. The third-order valence-corrected chi connectivity index (χ3v) is 4.54. The molecule has 3 rings (SSSR count). The lowest BCUT2D eigenvalue weighted by Crippen LogP contribution is -2.16. The average molecular weight is 356 g/mol. The normalized spacial score (nSPS) is 19.1. The van der Waals surface area contributed by atoms with Crippen LogP contribution in [0.1, 0.15) is 18.4 Å². The van der Waals surface area contributed by atoms with Crippen LogP contribution in [0.15, 0.2) is 46.7 Å². The van der Waals surface area contributed by atoms with Crippen molar-refractivity contribution in [3.8, 4) is 11.5 Å². The summed E-state index contributed by atoms with van der Waals surface area (Å²) in [6.45, 7) is 0.517. The largest absolute Gasteiger partial charge is 0.497 e. The molecule has 0 bridgehead atoms. The Bertz CT molecular complexity index is 763. The van der Waals surface area contributed by atoms with E-state index >= 15 is 0 Å². The molecule has 26 heavy (non-hydrogen) atoms. The number of rotatable bonds is 7. The molecule has 1 aromatic rings. The lowest BCUT2D eigenvalue weighted by molar-refractivity contribution is -0.142. The monoisotopic (exact) mass is 356 g/mol. The van der Waals surface area contributed by atoms with Crippen molar-refractivity contribution < 1.29 is 19.0 Å². The summed E-state index contributed by atoms with van der Waals surface area (Å²) in [7, 11) is 4.65. The van der Waals surface area contributed by atoms with Crippen molar-refractivity contribution in [3.63, 3.8) is 0 Å². The second kappa shape index (κ2) is 8.08. The van der Waals surface area contributed by atoms with Crippen LogP contribution < -0.4 is 14.8 Å². The van der Waals surface area contributed by atoms with E-state index < -0.39 is 5.92 Å². The molecule has 6 heteroatoms. The molecule has 0 radical (unpaired) electrons. The molecule has 1 aliphatic heterocycles. The summed E-state index contributed by atoms with van der Waals surface area (Å²) in [5.41, 5.74) is 2.08. The van der Waals surface area contributed by atoms with Gasteiger partial charge in [-0.05, 0) is 42.5 Å². The van der Waals surface area contributed by atoms with Gasteiger partial charge >= 0.3 is 5.97 Å². The predicted octanol–water partition coefficient (Wildman–Crippen LogP) is 2.84. The smallest absolute Gasteiger partial charge is 0.316 e. The number of esters is 1. The molecule has 1 fully saturated rings. The van der Waals surface area contributed by atoms with Crippen LogP contribution in [0.4, 0.5) is 0 Å². The molecule has 1 unspecified atom stereocenters. The number of methoxy groups -OCH3 is 3.